The lowest BCUT2D eigenvalue weighted by Gasteiger charge is -2.13. The molecule has 172 valence electrons. The number of carbonyl (C=O) groups is 2. The minimum atomic E-state index is -0.474. The van der Waals surface area contributed by atoms with Crippen molar-refractivity contribution in [2.45, 2.75) is 27.1 Å². The van der Waals surface area contributed by atoms with E-state index in [1.165, 1.54) is 24.3 Å². The van der Waals surface area contributed by atoms with Crippen molar-refractivity contribution in [2.24, 2.45) is 11.8 Å². The van der Waals surface area contributed by atoms with Gasteiger partial charge in [-0.25, -0.2) is 29.1 Å². The fourth-order valence-corrected chi connectivity index (χ4v) is 2.72. The maximum absolute atomic E-state index is 12.2. The summed E-state index contributed by atoms with van der Waals surface area (Å²) in [6.45, 7) is 5.29. The van der Waals surface area contributed by atoms with E-state index in [9.17, 15) is 9.59 Å². The average molecular weight is 444 g/mol. The van der Waals surface area contributed by atoms with Crippen LogP contribution in [-0.4, -0.2) is 38.4 Å². The quantitative estimate of drug-likeness (QED) is 0.447. The van der Waals surface area contributed by atoms with Crippen LogP contribution in [0.4, 0.5) is 0 Å². The van der Waals surface area contributed by atoms with E-state index in [1.807, 2.05) is 38.1 Å². The van der Waals surface area contributed by atoms with Crippen LogP contribution >= 0.6 is 0 Å². The minimum absolute atomic E-state index is 0.0553. The summed E-state index contributed by atoms with van der Waals surface area (Å²) in [7, 11) is 0. The zero-order chi connectivity index (χ0) is 22.8. The molecule has 0 aliphatic carbocycles. The first-order chi connectivity index (χ1) is 15.5. The molecule has 0 saturated carbocycles. The molecule has 0 saturated heterocycles. The number of esters is 2. The number of hydrogen-bond donors (Lipinski definition) is 0. The second-order valence-corrected chi connectivity index (χ2v) is 7.89. The van der Waals surface area contributed by atoms with Crippen LogP contribution in [0.3, 0.4) is 0 Å². The summed E-state index contributed by atoms with van der Waals surface area (Å²) < 4.78 is 10.6. The van der Waals surface area contributed by atoms with Gasteiger partial charge in [-0.3, -0.25) is 0 Å². The molecule has 2 aromatic rings. The summed E-state index contributed by atoms with van der Waals surface area (Å²) in [5.41, 5.74) is 2.59. The first kappa shape index (κ1) is 23.9. The summed E-state index contributed by atoms with van der Waals surface area (Å²) in [5, 5.41) is 0. The molecule has 4 aliphatic rings. The molecule has 32 heavy (non-hydrogen) atoms. The van der Waals surface area contributed by atoms with Gasteiger partial charge in [0, 0.05) is 11.8 Å². The smallest absolute Gasteiger partial charge is 0.338 e. The van der Waals surface area contributed by atoms with Crippen LogP contribution in [0.15, 0.2) is 48.5 Å². The predicted molar refractivity (Wildman–Crippen MR) is 113 cm³/mol. The molecular formula is C24H28O8. The van der Waals surface area contributed by atoms with Crippen LogP contribution in [0.5, 0.6) is 0 Å². The number of hydrogen-bond acceptors (Lipinski definition) is 8. The van der Waals surface area contributed by atoms with Crippen molar-refractivity contribution in [1.29, 1.82) is 0 Å². The molecule has 2 aromatic carbocycles. The van der Waals surface area contributed by atoms with Gasteiger partial charge in [0.05, 0.1) is 37.6 Å². The maximum atomic E-state index is 12.2. The molecular weight excluding hydrogens is 416 g/mol. The van der Waals surface area contributed by atoms with Crippen molar-refractivity contribution in [3.05, 3.63) is 70.8 Å². The zero-order valence-electron chi connectivity index (χ0n) is 18.3. The molecule has 6 rings (SSSR count). The molecule has 2 atom stereocenters. The van der Waals surface area contributed by atoms with E-state index in [1.54, 1.807) is 0 Å². The summed E-state index contributed by atoms with van der Waals surface area (Å²) in [4.78, 5) is 45.4. The van der Waals surface area contributed by atoms with E-state index in [4.69, 9.17) is 29.0 Å². The van der Waals surface area contributed by atoms with Crippen molar-refractivity contribution in [3.63, 3.8) is 0 Å². The Hall–Kier alpha value is -2.78. The van der Waals surface area contributed by atoms with Crippen molar-refractivity contribution >= 4 is 11.9 Å². The van der Waals surface area contributed by atoms with E-state index in [2.05, 4.69) is 0 Å². The standard InChI is InChI=1S/C24H28O8/c1-17-11-27-23(25)21-7-9-22(10-8-21)24(26)28-12-18(2)14-30-32-16-20-5-3-19(4-6-20)15-31-29-13-17/h3-10,17-18H,11-16H2,1-2H3. The van der Waals surface area contributed by atoms with Gasteiger partial charge in [0.25, 0.3) is 0 Å². The Morgan fingerprint density at radius 3 is 1.31 bits per heavy atom. The third kappa shape index (κ3) is 7.72. The molecule has 4 aliphatic heterocycles. The van der Waals surface area contributed by atoms with Crippen LogP contribution in [0, 0.1) is 11.8 Å². The van der Waals surface area contributed by atoms with Crippen molar-refractivity contribution in [1.82, 2.24) is 0 Å². The highest BCUT2D eigenvalue weighted by atomic mass is 17.2. The van der Waals surface area contributed by atoms with E-state index in [0.717, 1.165) is 11.1 Å². The number of rotatable bonds is 0. The molecule has 4 bridgehead atoms. The Balaban J connectivity index is 1.61. The Bertz CT molecular complexity index is 791. The van der Waals surface area contributed by atoms with Crippen molar-refractivity contribution in [3.8, 4) is 0 Å². The summed E-state index contributed by atoms with van der Waals surface area (Å²) in [6, 6.07) is 13.8. The van der Waals surface area contributed by atoms with E-state index in [-0.39, 0.29) is 38.3 Å². The first-order valence-corrected chi connectivity index (χ1v) is 10.5. The summed E-state index contributed by atoms with van der Waals surface area (Å²) in [6.07, 6.45) is 0. The molecule has 0 radical (unpaired) electrons. The third-order valence-corrected chi connectivity index (χ3v) is 4.70. The zero-order valence-corrected chi connectivity index (χ0v) is 18.3. The highest BCUT2D eigenvalue weighted by molar-refractivity contribution is 5.93. The Kier molecular flexibility index (Phi) is 9.18. The van der Waals surface area contributed by atoms with Gasteiger partial charge in [0.15, 0.2) is 0 Å². The van der Waals surface area contributed by atoms with Crippen LogP contribution in [0.2, 0.25) is 0 Å². The van der Waals surface area contributed by atoms with Gasteiger partial charge in [-0.1, -0.05) is 38.1 Å². The Morgan fingerprint density at radius 1 is 0.562 bits per heavy atom. The van der Waals surface area contributed by atoms with Gasteiger partial charge < -0.3 is 9.47 Å². The van der Waals surface area contributed by atoms with Gasteiger partial charge in [-0.15, -0.1) is 0 Å². The minimum Gasteiger partial charge on any atom is -0.462 e. The molecule has 4 heterocycles. The normalized spacial score (nSPS) is 22.1. The number of ether oxygens (including phenoxy) is 2. The summed E-state index contributed by atoms with van der Waals surface area (Å²) in [5.74, 6) is -1.06. The largest absolute Gasteiger partial charge is 0.462 e. The molecule has 2 unspecified atom stereocenters. The fraction of sp³-hybridized carbons (Fsp3) is 0.417. The molecule has 8 heteroatoms. The molecule has 0 spiro atoms. The van der Waals surface area contributed by atoms with Crippen LogP contribution < -0.4 is 0 Å². The Morgan fingerprint density at radius 2 is 0.938 bits per heavy atom. The first-order valence-electron chi connectivity index (χ1n) is 10.5. The van der Waals surface area contributed by atoms with Crippen LogP contribution in [-0.2, 0) is 42.2 Å². The van der Waals surface area contributed by atoms with Gasteiger partial charge in [0.1, 0.15) is 13.2 Å². The molecule has 8 nitrogen and oxygen atoms in total. The predicted octanol–water partition coefficient (Wildman–Crippen LogP) is 3.88. The summed E-state index contributed by atoms with van der Waals surface area (Å²) >= 11 is 0. The van der Waals surface area contributed by atoms with Crippen molar-refractivity contribution in [2.75, 3.05) is 26.4 Å². The molecule has 0 fully saturated rings. The number of carbonyl (C=O) groups excluding carboxylic acids is 2. The van der Waals surface area contributed by atoms with E-state index in [0.29, 0.717) is 24.3 Å². The average Bonchev–Trinajstić information content (AvgIpc) is 2.82. The monoisotopic (exact) mass is 444 g/mol. The molecule has 0 aromatic heterocycles. The van der Waals surface area contributed by atoms with Gasteiger partial charge >= 0.3 is 11.9 Å². The van der Waals surface area contributed by atoms with Crippen molar-refractivity contribution < 1.29 is 38.6 Å². The van der Waals surface area contributed by atoms with Crippen LogP contribution in [0.1, 0.15) is 45.7 Å². The third-order valence-electron chi connectivity index (χ3n) is 4.70. The second-order valence-electron chi connectivity index (χ2n) is 7.89. The molecule has 0 amide bonds. The maximum Gasteiger partial charge on any atom is 0.338 e. The SMILES string of the molecule is CC1COOCc2ccc(cc2)COOCC(C)COC(=O)c2ccc(cc2)C(=O)OC1. The lowest BCUT2D eigenvalue weighted by molar-refractivity contribution is -0.311. The van der Waals surface area contributed by atoms with Gasteiger partial charge in [-0.2, -0.15) is 0 Å². The van der Waals surface area contributed by atoms with E-state index >= 15 is 0 Å². The highest BCUT2D eigenvalue weighted by Crippen LogP contribution is 2.12. The topological polar surface area (TPSA) is 89.5 Å². The Labute approximate surface area is 187 Å². The van der Waals surface area contributed by atoms with Gasteiger partial charge in [-0.05, 0) is 35.4 Å². The van der Waals surface area contributed by atoms with Gasteiger partial charge in [0.2, 0.25) is 0 Å². The highest BCUT2D eigenvalue weighted by Gasteiger charge is 2.14. The van der Waals surface area contributed by atoms with E-state index < -0.39 is 11.9 Å². The fourth-order valence-electron chi connectivity index (χ4n) is 2.72. The van der Waals surface area contributed by atoms with Crippen LogP contribution in [0.25, 0.3) is 0 Å². The lowest BCUT2D eigenvalue weighted by Crippen LogP contribution is -2.17. The molecule has 0 N–H and O–H groups in total. The second kappa shape index (κ2) is 12.3. The number of benzene rings is 2. The lowest BCUT2D eigenvalue weighted by atomic mass is 10.1.